The van der Waals surface area contributed by atoms with Crippen LogP contribution in [0.5, 0.6) is 11.6 Å². The number of aromatic nitrogens is 1. The fourth-order valence-corrected chi connectivity index (χ4v) is 3.27. The van der Waals surface area contributed by atoms with Gasteiger partial charge in [-0.3, -0.25) is 9.59 Å². The first-order chi connectivity index (χ1) is 12.5. The Balaban J connectivity index is 2.55. The van der Waals surface area contributed by atoms with Crippen molar-refractivity contribution in [2.75, 3.05) is 6.61 Å². The van der Waals surface area contributed by atoms with Crippen LogP contribution < -0.4 is 14.3 Å². The van der Waals surface area contributed by atoms with Crippen molar-refractivity contribution in [3.63, 3.8) is 0 Å². The molecule has 0 saturated heterocycles. The molecular weight excluding hydrogens is 352 g/mol. The van der Waals surface area contributed by atoms with Crippen LogP contribution in [0.15, 0.2) is 29.3 Å². The highest BCUT2D eigenvalue weighted by atomic mass is 32.1. The van der Waals surface area contributed by atoms with Gasteiger partial charge in [-0.2, -0.15) is 0 Å². The molecule has 0 amide bonds. The van der Waals surface area contributed by atoms with Crippen LogP contribution in [0.2, 0.25) is 0 Å². The van der Waals surface area contributed by atoms with Crippen LogP contribution in [0.25, 0.3) is 0 Å². The molecule has 0 fully saturated rings. The summed E-state index contributed by atoms with van der Waals surface area (Å²) < 4.78 is 12.3. The zero-order valence-electron chi connectivity index (χ0n) is 15.6. The highest BCUT2D eigenvalue weighted by molar-refractivity contribution is 7.09. The first kappa shape index (κ1) is 19.9. The summed E-state index contributed by atoms with van der Waals surface area (Å²) in [7, 11) is 0. The molecule has 0 saturated carbocycles. The van der Waals surface area contributed by atoms with E-state index >= 15 is 0 Å². The lowest BCUT2D eigenvalue weighted by atomic mass is 10.3. The molecule has 0 aliphatic rings. The third-order valence-corrected chi connectivity index (χ3v) is 4.76. The Bertz CT molecular complexity index is 834. The second kappa shape index (κ2) is 9.33. The van der Waals surface area contributed by atoms with Gasteiger partial charge < -0.3 is 9.47 Å². The largest absolute Gasteiger partial charge is 0.494 e. The van der Waals surface area contributed by atoms with Crippen LogP contribution >= 0.6 is 11.3 Å². The molecule has 26 heavy (non-hydrogen) atoms. The molecule has 140 valence electrons. The lowest BCUT2D eigenvalue weighted by Crippen LogP contribution is -2.24. The molecule has 1 aromatic heterocycles. The van der Waals surface area contributed by atoms with E-state index in [1.165, 1.54) is 15.9 Å². The van der Waals surface area contributed by atoms with E-state index in [1.807, 2.05) is 38.1 Å². The molecule has 7 heteroatoms. The molecule has 6 nitrogen and oxygen atoms in total. The highest BCUT2D eigenvalue weighted by Crippen LogP contribution is 2.25. The number of hydrogen-bond donors (Lipinski definition) is 0. The van der Waals surface area contributed by atoms with Gasteiger partial charge in [-0.15, -0.1) is 0 Å². The van der Waals surface area contributed by atoms with Crippen molar-refractivity contribution in [2.24, 2.45) is 4.99 Å². The van der Waals surface area contributed by atoms with Crippen LogP contribution in [0.3, 0.4) is 0 Å². The van der Waals surface area contributed by atoms with E-state index in [-0.39, 0.29) is 24.7 Å². The maximum Gasteiger partial charge on any atom is 0.312 e. The van der Waals surface area contributed by atoms with Gasteiger partial charge in [-0.1, -0.05) is 32.1 Å². The van der Waals surface area contributed by atoms with Gasteiger partial charge in [0.25, 0.3) is 0 Å². The van der Waals surface area contributed by atoms with Crippen LogP contribution in [0.4, 0.5) is 5.69 Å². The highest BCUT2D eigenvalue weighted by Gasteiger charge is 2.20. The average Bonchev–Trinajstić information content (AvgIpc) is 2.99. The monoisotopic (exact) mass is 376 g/mol. The van der Waals surface area contributed by atoms with E-state index in [0.29, 0.717) is 29.4 Å². The first-order valence-corrected chi connectivity index (χ1v) is 9.61. The van der Waals surface area contributed by atoms with Crippen molar-refractivity contribution in [1.29, 1.82) is 0 Å². The normalized spacial score (nSPS) is 11.5. The minimum atomic E-state index is -0.372. The minimum Gasteiger partial charge on any atom is -0.494 e. The molecule has 0 bridgehead atoms. The summed E-state index contributed by atoms with van der Waals surface area (Å²) in [5.41, 5.74) is 0.698. The zero-order chi connectivity index (χ0) is 19.1. The van der Waals surface area contributed by atoms with Crippen LogP contribution in [0.1, 0.15) is 50.2 Å². The Morgan fingerprint density at radius 3 is 2.31 bits per heavy atom. The van der Waals surface area contributed by atoms with Gasteiger partial charge >= 0.3 is 5.97 Å². The van der Waals surface area contributed by atoms with Crippen molar-refractivity contribution in [3.05, 3.63) is 33.9 Å². The van der Waals surface area contributed by atoms with Crippen molar-refractivity contribution in [1.82, 2.24) is 4.57 Å². The van der Waals surface area contributed by atoms with Gasteiger partial charge in [0.15, 0.2) is 4.80 Å². The molecule has 0 radical (unpaired) electrons. The Kier molecular flexibility index (Phi) is 7.15. The van der Waals surface area contributed by atoms with Crippen molar-refractivity contribution >= 4 is 28.9 Å². The Morgan fingerprint density at radius 1 is 1.08 bits per heavy atom. The number of carbonyl (C=O) groups is 2. The van der Waals surface area contributed by atoms with E-state index < -0.39 is 0 Å². The molecule has 1 heterocycles. The Morgan fingerprint density at radius 2 is 1.77 bits per heavy atom. The molecule has 2 rings (SSSR count). The second-order valence-corrected chi connectivity index (χ2v) is 6.48. The summed E-state index contributed by atoms with van der Waals surface area (Å²) in [4.78, 5) is 30.2. The molecule has 0 atom stereocenters. The molecule has 0 aliphatic carbocycles. The van der Waals surface area contributed by atoms with Gasteiger partial charge in [0, 0.05) is 12.8 Å². The third kappa shape index (κ3) is 4.60. The summed E-state index contributed by atoms with van der Waals surface area (Å²) in [5, 5.41) is 0. The van der Waals surface area contributed by atoms with E-state index in [0.717, 1.165) is 10.6 Å². The van der Waals surface area contributed by atoms with Crippen LogP contribution in [-0.2, 0) is 11.2 Å². The number of thiazole rings is 1. The first-order valence-electron chi connectivity index (χ1n) is 8.80. The number of esters is 1. The Labute approximate surface area is 157 Å². The number of hydrogen-bond acceptors (Lipinski definition) is 6. The maximum absolute atomic E-state index is 12.5. The molecule has 1 aromatic carbocycles. The van der Waals surface area contributed by atoms with Gasteiger partial charge in [0.1, 0.15) is 5.75 Å². The predicted molar refractivity (Wildman–Crippen MR) is 101 cm³/mol. The standard InChI is InChI=1S/C19H24N2O4S/c1-5-15-18(25-17(23)7-3)21(16(22)6-2)19(26-15)20-13-9-11-14(12-10-13)24-8-4/h9-12H,5-8H2,1-4H3. The van der Waals surface area contributed by atoms with Gasteiger partial charge in [0.2, 0.25) is 11.8 Å². The summed E-state index contributed by atoms with van der Waals surface area (Å²) in [6, 6.07) is 7.32. The minimum absolute atomic E-state index is 0.162. The third-order valence-electron chi connectivity index (χ3n) is 3.59. The summed E-state index contributed by atoms with van der Waals surface area (Å²) in [6.07, 6.45) is 1.17. The van der Waals surface area contributed by atoms with Crippen LogP contribution in [-0.4, -0.2) is 23.1 Å². The number of aryl methyl sites for hydroxylation is 1. The molecule has 0 unspecified atom stereocenters. The number of rotatable bonds is 7. The van der Waals surface area contributed by atoms with Gasteiger partial charge in [-0.25, -0.2) is 9.56 Å². The van der Waals surface area contributed by atoms with Crippen LogP contribution in [0, 0.1) is 0 Å². The molecule has 0 N–H and O–H groups in total. The predicted octanol–water partition coefficient (Wildman–Crippen LogP) is 4.11. The summed E-state index contributed by atoms with van der Waals surface area (Å²) in [5.74, 6) is 0.523. The zero-order valence-corrected chi connectivity index (χ0v) is 16.4. The molecule has 0 spiro atoms. The fourth-order valence-electron chi connectivity index (χ4n) is 2.26. The lowest BCUT2D eigenvalue weighted by molar-refractivity contribution is -0.134. The fraction of sp³-hybridized carbons (Fsp3) is 0.421. The van der Waals surface area contributed by atoms with E-state index in [4.69, 9.17) is 9.47 Å². The van der Waals surface area contributed by atoms with Crippen molar-refractivity contribution in [2.45, 2.75) is 47.0 Å². The summed E-state index contributed by atoms with van der Waals surface area (Å²) in [6.45, 7) is 7.96. The van der Waals surface area contributed by atoms with Crippen molar-refractivity contribution < 1.29 is 19.1 Å². The quantitative estimate of drug-likeness (QED) is 0.682. The maximum atomic E-state index is 12.5. The van der Waals surface area contributed by atoms with E-state index in [1.54, 1.807) is 13.8 Å². The van der Waals surface area contributed by atoms with Crippen molar-refractivity contribution in [3.8, 4) is 11.6 Å². The molecular formula is C19H24N2O4S. The SMILES string of the molecule is CCOc1ccc(N=c2sc(CC)c(OC(=O)CC)n2C(=O)CC)cc1. The molecule has 2 aromatic rings. The number of benzene rings is 1. The lowest BCUT2D eigenvalue weighted by Gasteiger charge is -2.08. The number of ether oxygens (including phenoxy) is 2. The second-order valence-electron chi connectivity index (χ2n) is 5.42. The van der Waals surface area contributed by atoms with Gasteiger partial charge in [0.05, 0.1) is 17.2 Å². The number of nitrogens with zero attached hydrogens (tertiary/aromatic N) is 2. The summed E-state index contributed by atoms with van der Waals surface area (Å²) >= 11 is 1.36. The smallest absolute Gasteiger partial charge is 0.312 e. The van der Waals surface area contributed by atoms with E-state index in [2.05, 4.69) is 4.99 Å². The van der Waals surface area contributed by atoms with Gasteiger partial charge in [-0.05, 0) is 37.6 Å². The number of carbonyl (C=O) groups excluding carboxylic acids is 2. The molecule has 0 aliphatic heterocycles. The average molecular weight is 376 g/mol. The topological polar surface area (TPSA) is 69.9 Å². The van der Waals surface area contributed by atoms with E-state index in [9.17, 15) is 9.59 Å². The Hall–Kier alpha value is -2.41.